The number of anilines is 1. The average Bonchev–Trinajstić information content (AvgIpc) is 3.55. The van der Waals surface area contributed by atoms with Crippen molar-refractivity contribution in [1.29, 1.82) is 0 Å². The van der Waals surface area contributed by atoms with Gasteiger partial charge in [0.2, 0.25) is 5.91 Å². The van der Waals surface area contributed by atoms with Crippen molar-refractivity contribution in [3.05, 3.63) is 76.5 Å². The summed E-state index contributed by atoms with van der Waals surface area (Å²) in [6, 6.07) is 12.8. The molecule has 0 bridgehead atoms. The highest BCUT2D eigenvalue weighted by Crippen LogP contribution is 2.31. The molecule has 3 aromatic rings. The van der Waals surface area contributed by atoms with Gasteiger partial charge in [0.05, 0.1) is 24.2 Å². The number of carbonyl (C=O) groups is 2. The van der Waals surface area contributed by atoms with Gasteiger partial charge in [0, 0.05) is 11.0 Å². The summed E-state index contributed by atoms with van der Waals surface area (Å²) in [6.07, 6.45) is 2.97. The van der Waals surface area contributed by atoms with E-state index in [4.69, 9.17) is 4.42 Å². The molecule has 33 heavy (non-hydrogen) atoms. The second kappa shape index (κ2) is 10.5. The third-order valence-electron chi connectivity index (χ3n) is 4.34. The van der Waals surface area contributed by atoms with E-state index >= 15 is 0 Å². The van der Waals surface area contributed by atoms with E-state index in [2.05, 4.69) is 15.0 Å². The minimum atomic E-state index is -2.95. The second-order valence-electron chi connectivity index (χ2n) is 6.60. The molecule has 0 saturated heterocycles. The Morgan fingerprint density at radius 2 is 2.06 bits per heavy atom. The number of amidine groups is 1. The van der Waals surface area contributed by atoms with E-state index in [1.54, 1.807) is 23.5 Å². The van der Waals surface area contributed by atoms with Crippen LogP contribution in [0.3, 0.4) is 0 Å². The normalized spacial score (nSPS) is 14.8. The lowest BCUT2D eigenvalue weighted by molar-refractivity contribution is -0.118. The Labute approximate surface area is 195 Å². The summed E-state index contributed by atoms with van der Waals surface area (Å²) in [6.45, 7) is -2.53. The number of thioether (sulfide) groups is 1. The molecule has 0 aliphatic carbocycles. The largest absolute Gasteiger partial charge is 0.465 e. The zero-order chi connectivity index (χ0) is 23.2. The maximum Gasteiger partial charge on any atom is 0.387 e. The van der Waals surface area contributed by atoms with Crippen molar-refractivity contribution in [2.24, 2.45) is 4.99 Å². The van der Waals surface area contributed by atoms with Gasteiger partial charge in [-0.05, 0) is 47.8 Å². The van der Waals surface area contributed by atoms with Gasteiger partial charge in [-0.25, -0.2) is 4.99 Å². The molecule has 0 saturated carbocycles. The van der Waals surface area contributed by atoms with Gasteiger partial charge in [-0.2, -0.15) is 8.78 Å². The van der Waals surface area contributed by atoms with E-state index in [0.29, 0.717) is 18.0 Å². The molecule has 0 radical (unpaired) electrons. The second-order valence-corrected chi connectivity index (χ2v) is 8.57. The van der Waals surface area contributed by atoms with Crippen LogP contribution in [0, 0.1) is 0 Å². The van der Waals surface area contributed by atoms with Crippen molar-refractivity contribution in [3.8, 4) is 5.75 Å². The first-order valence-electron chi connectivity index (χ1n) is 9.65. The molecule has 7 nitrogen and oxygen atoms in total. The SMILES string of the molecule is O=C(CSC1=N/C(=C/c2ccco2)C(=O)N1c1ccc(OC(F)F)cc1)NCc1cccs1. The minimum absolute atomic E-state index is 0.0363. The smallest absolute Gasteiger partial charge is 0.387 e. The van der Waals surface area contributed by atoms with E-state index in [-0.39, 0.29) is 28.3 Å². The lowest BCUT2D eigenvalue weighted by Gasteiger charge is -2.18. The number of rotatable bonds is 8. The lowest BCUT2D eigenvalue weighted by Crippen LogP contribution is -2.32. The molecule has 0 atom stereocenters. The molecule has 11 heteroatoms. The number of nitrogens with one attached hydrogen (secondary N) is 1. The van der Waals surface area contributed by atoms with Gasteiger partial charge in [0.25, 0.3) is 5.91 Å². The zero-order valence-electron chi connectivity index (χ0n) is 16.9. The molecule has 170 valence electrons. The van der Waals surface area contributed by atoms with E-state index in [1.165, 1.54) is 41.5 Å². The Kier molecular flexibility index (Phi) is 7.20. The summed E-state index contributed by atoms with van der Waals surface area (Å²) < 4.78 is 34.5. The number of benzene rings is 1. The summed E-state index contributed by atoms with van der Waals surface area (Å²) >= 11 is 2.63. The van der Waals surface area contributed by atoms with Crippen LogP contribution >= 0.6 is 23.1 Å². The fraction of sp³-hybridized carbons (Fsp3) is 0.136. The van der Waals surface area contributed by atoms with Crippen LogP contribution in [-0.2, 0) is 16.1 Å². The van der Waals surface area contributed by atoms with E-state index in [0.717, 1.165) is 16.6 Å². The quantitative estimate of drug-likeness (QED) is 0.463. The molecular formula is C22H17F2N3O4S2. The van der Waals surface area contributed by atoms with Crippen molar-refractivity contribution in [2.45, 2.75) is 13.2 Å². The summed E-state index contributed by atoms with van der Waals surface area (Å²) in [5.41, 5.74) is 0.522. The molecular weight excluding hydrogens is 472 g/mol. The summed E-state index contributed by atoms with van der Waals surface area (Å²) in [5, 5.41) is 5.04. The summed E-state index contributed by atoms with van der Waals surface area (Å²) in [5.74, 6) is -0.203. The number of carbonyl (C=O) groups excluding carboxylic acids is 2. The molecule has 3 heterocycles. The molecule has 1 aliphatic rings. The molecule has 2 aromatic heterocycles. The minimum Gasteiger partial charge on any atom is -0.465 e. The Bertz CT molecular complexity index is 1160. The standard InChI is InChI=1S/C22H17F2N3O4S2/c23-21(24)31-15-7-5-14(6-8-15)27-20(29)18(11-16-3-1-9-30-16)26-22(27)33-13-19(28)25-12-17-4-2-10-32-17/h1-11,21H,12-13H2,(H,25,28)/b18-11+. The van der Waals surface area contributed by atoms with E-state index in [9.17, 15) is 18.4 Å². The van der Waals surface area contributed by atoms with Gasteiger partial charge >= 0.3 is 6.61 Å². The number of hydrogen-bond donors (Lipinski definition) is 1. The number of nitrogens with zero attached hydrogens (tertiary/aromatic N) is 2. The molecule has 0 spiro atoms. The van der Waals surface area contributed by atoms with Gasteiger partial charge in [0.1, 0.15) is 17.2 Å². The number of halogens is 2. The highest BCUT2D eigenvalue weighted by Gasteiger charge is 2.32. The Morgan fingerprint density at radius 1 is 1.24 bits per heavy atom. The van der Waals surface area contributed by atoms with Crippen molar-refractivity contribution in [2.75, 3.05) is 10.7 Å². The first-order chi connectivity index (χ1) is 16.0. The molecule has 4 rings (SSSR count). The zero-order valence-corrected chi connectivity index (χ0v) is 18.6. The Morgan fingerprint density at radius 3 is 2.73 bits per heavy atom. The first kappa shape index (κ1) is 22.7. The number of thiophene rings is 1. The molecule has 0 fully saturated rings. The maximum atomic E-state index is 13.1. The van der Waals surface area contributed by atoms with Crippen LogP contribution in [0.1, 0.15) is 10.6 Å². The van der Waals surface area contributed by atoms with Gasteiger partial charge in [0.15, 0.2) is 5.17 Å². The van der Waals surface area contributed by atoms with Crippen molar-refractivity contribution in [1.82, 2.24) is 5.32 Å². The number of alkyl halides is 2. The van der Waals surface area contributed by atoms with E-state index < -0.39 is 12.5 Å². The van der Waals surface area contributed by atoms with Crippen LogP contribution < -0.4 is 15.0 Å². The maximum absolute atomic E-state index is 13.1. The number of hydrogen-bond acceptors (Lipinski definition) is 7. The molecule has 1 aliphatic heterocycles. The summed E-state index contributed by atoms with van der Waals surface area (Å²) in [4.78, 5) is 32.1. The summed E-state index contributed by atoms with van der Waals surface area (Å²) in [7, 11) is 0. The molecule has 1 aromatic carbocycles. The van der Waals surface area contributed by atoms with Crippen molar-refractivity contribution < 1.29 is 27.5 Å². The van der Waals surface area contributed by atoms with Gasteiger partial charge in [-0.3, -0.25) is 14.5 Å². The monoisotopic (exact) mass is 489 g/mol. The number of furan rings is 1. The fourth-order valence-corrected chi connectivity index (χ4v) is 4.37. The fourth-order valence-electron chi connectivity index (χ4n) is 2.89. The lowest BCUT2D eigenvalue weighted by atomic mass is 10.2. The van der Waals surface area contributed by atoms with Crippen molar-refractivity contribution >= 4 is 51.8 Å². The predicted molar refractivity (Wildman–Crippen MR) is 123 cm³/mol. The van der Waals surface area contributed by atoms with Crippen LogP contribution in [0.2, 0.25) is 0 Å². The van der Waals surface area contributed by atoms with Crippen LogP contribution in [0.5, 0.6) is 5.75 Å². The molecule has 0 unspecified atom stereocenters. The van der Waals surface area contributed by atoms with E-state index in [1.807, 2.05) is 17.5 Å². The number of amides is 2. The third-order valence-corrected chi connectivity index (χ3v) is 6.16. The van der Waals surface area contributed by atoms with Gasteiger partial charge < -0.3 is 14.5 Å². The molecule has 1 N–H and O–H groups in total. The Hall–Kier alpha value is -3.44. The molecule has 2 amide bonds. The highest BCUT2D eigenvalue weighted by atomic mass is 32.2. The van der Waals surface area contributed by atoms with Crippen LogP contribution in [0.15, 0.2) is 75.3 Å². The Balaban J connectivity index is 1.51. The van der Waals surface area contributed by atoms with Crippen LogP contribution in [0.25, 0.3) is 6.08 Å². The number of aliphatic imine (C=N–C) groups is 1. The third kappa shape index (κ3) is 5.88. The van der Waals surface area contributed by atoms with Crippen LogP contribution in [0.4, 0.5) is 14.5 Å². The topological polar surface area (TPSA) is 84.1 Å². The first-order valence-corrected chi connectivity index (χ1v) is 11.5. The van der Waals surface area contributed by atoms with Crippen molar-refractivity contribution in [3.63, 3.8) is 0 Å². The van der Waals surface area contributed by atoms with Crippen LogP contribution in [-0.4, -0.2) is 29.3 Å². The number of ether oxygens (including phenoxy) is 1. The predicted octanol–water partition coefficient (Wildman–Crippen LogP) is 4.74. The average molecular weight is 490 g/mol. The van der Waals surface area contributed by atoms with Gasteiger partial charge in [-0.1, -0.05) is 17.8 Å². The highest BCUT2D eigenvalue weighted by molar-refractivity contribution is 8.14. The van der Waals surface area contributed by atoms with Gasteiger partial charge in [-0.15, -0.1) is 11.3 Å².